The zero-order valence-electron chi connectivity index (χ0n) is 16.8. The summed E-state index contributed by atoms with van der Waals surface area (Å²) in [6, 6.07) is 5.58. The molecular formula is C19H19N7O3S2. The Morgan fingerprint density at radius 3 is 2.77 bits per heavy atom. The highest BCUT2D eigenvalue weighted by atomic mass is 32.2. The molecule has 0 fully saturated rings. The molecule has 0 spiro atoms. The number of carbonyl (C=O) groups excluding carboxylic acids is 2. The van der Waals surface area contributed by atoms with E-state index < -0.39 is 5.97 Å². The smallest absolute Gasteiger partial charge is 0.348 e. The Balaban J connectivity index is 1.60. The van der Waals surface area contributed by atoms with Gasteiger partial charge in [0.1, 0.15) is 15.9 Å². The maximum atomic E-state index is 12.4. The zero-order chi connectivity index (χ0) is 22.4. The van der Waals surface area contributed by atoms with E-state index in [1.165, 1.54) is 16.4 Å². The number of hydrogen-bond acceptors (Lipinski definition) is 10. The normalized spacial score (nSPS) is 10.5. The summed E-state index contributed by atoms with van der Waals surface area (Å²) in [6.45, 7) is 3.58. The third kappa shape index (κ3) is 5.01. The number of rotatable bonds is 8. The van der Waals surface area contributed by atoms with Gasteiger partial charge in [-0.25, -0.2) is 9.47 Å². The number of nitrogen functional groups attached to an aromatic ring is 1. The Morgan fingerprint density at radius 1 is 1.35 bits per heavy atom. The lowest BCUT2D eigenvalue weighted by molar-refractivity contribution is -0.115. The van der Waals surface area contributed by atoms with Crippen LogP contribution in [-0.4, -0.2) is 44.1 Å². The number of carbonyl (C=O) groups is 2. The summed E-state index contributed by atoms with van der Waals surface area (Å²) in [5, 5.41) is 21.0. The first-order valence-corrected chi connectivity index (χ1v) is 11.0. The van der Waals surface area contributed by atoms with Crippen LogP contribution in [0.1, 0.15) is 34.1 Å². The SMILES string of the molecule is CCOC(=O)c1sc(NC(=O)CCSc2nnc(-c3ccncc3)n2N)c(C#N)c1C. The lowest BCUT2D eigenvalue weighted by atomic mass is 10.2. The fourth-order valence-corrected chi connectivity index (χ4v) is 4.49. The first-order valence-electron chi connectivity index (χ1n) is 9.20. The van der Waals surface area contributed by atoms with E-state index in [0.717, 1.165) is 16.9 Å². The van der Waals surface area contributed by atoms with Crippen LogP contribution in [0.15, 0.2) is 29.7 Å². The fourth-order valence-electron chi connectivity index (χ4n) is 2.62. The van der Waals surface area contributed by atoms with Crippen LogP contribution in [0.25, 0.3) is 11.4 Å². The molecule has 0 unspecified atom stereocenters. The number of hydrogen-bond donors (Lipinski definition) is 2. The Labute approximate surface area is 186 Å². The van der Waals surface area contributed by atoms with Gasteiger partial charge in [-0.2, -0.15) is 5.26 Å². The zero-order valence-corrected chi connectivity index (χ0v) is 18.4. The molecule has 31 heavy (non-hydrogen) atoms. The Bertz CT molecular complexity index is 1140. The molecule has 3 N–H and O–H groups in total. The molecule has 0 radical (unpaired) electrons. The first kappa shape index (κ1) is 22.3. The van der Waals surface area contributed by atoms with Crippen LogP contribution in [-0.2, 0) is 9.53 Å². The van der Waals surface area contributed by atoms with Crippen molar-refractivity contribution in [2.24, 2.45) is 0 Å². The summed E-state index contributed by atoms with van der Waals surface area (Å²) in [4.78, 5) is 28.7. The molecule has 0 aliphatic carbocycles. The molecule has 3 aromatic heterocycles. The van der Waals surface area contributed by atoms with Crippen molar-refractivity contribution in [3.05, 3.63) is 40.5 Å². The van der Waals surface area contributed by atoms with Crippen LogP contribution in [0, 0.1) is 18.3 Å². The molecule has 3 rings (SSSR count). The van der Waals surface area contributed by atoms with Crippen molar-refractivity contribution >= 4 is 40.0 Å². The van der Waals surface area contributed by atoms with Crippen LogP contribution in [0.5, 0.6) is 0 Å². The van der Waals surface area contributed by atoms with Crippen molar-refractivity contribution in [3.63, 3.8) is 0 Å². The van der Waals surface area contributed by atoms with Crippen LogP contribution in [0.2, 0.25) is 0 Å². The second-order valence-electron chi connectivity index (χ2n) is 6.15. The number of aromatic nitrogens is 4. The van der Waals surface area contributed by atoms with Gasteiger partial charge < -0.3 is 15.9 Å². The quantitative estimate of drug-likeness (QED) is 0.296. The highest BCUT2D eigenvalue weighted by Gasteiger charge is 2.22. The van der Waals surface area contributed by atoms with Gasteiger partial charge in [-0.05, 0) is 31.5 Å². The fraction of sp³-hybridized carbons (Fsp3) is 0.263. The van der Waals surface area contributed by atoms with E-state index >= 15 is 0 Å². The Hall–Kier alpha value is -3.43. The summed E-state index contributed by atoms with van der Waals surface area (Å²) < 4.78 is 6.36. The molecule has 12 heteroatoms. The minimum atomic E-state index is -0.509. The van der Waals surface area contributed by atoms with E-state index in [9.17, 15) is 14.9 Å². The predicted molar refractivity (Wildman–Crippen MR) is 117 cm³/mol. The minimum absolute atomic E-state index is 0.151. The van der Waals surface area contributed by atoms with E-state index in [1.807, 2.05) is 6.07 Å². The molecule has 1 amide bonds. The Morgan fingerprint density at radius 2 is 2.10 bits per heavy atom. The first-order chi connectivity index (χ1) is 15.0. The van der Waals surface area contributed by atoms with Crippen LogP contribution in [0.3, 0.4) is 0 Å². The average molecular weight is 458 g/mol. The van der Waals surface area contributed by atoms with E-state index in [-0.39, 0.29) is 24.5 Å². The molecule has 0 aliphatic heterocycles. The predicted octanol–water partition coefficient (Wildman–Crippen LogP) is 2.59. The van der Waals surface area contributed by atoms with Gasteiger partial charge >= 0.3 is 5.97 Å². The van der Waals surface area contributed by atoms with Gasteiger partial charge in [-0.1, -0.05) is 11.8 Å². The maximum Gasteiger partial charge on any atom is 0.348 e. The van der Waals surface area contributed by atoms with Crippen molar-refractivity contribution < 1.29 is 14.3 Å². The number of thiophene rings is 1. The number of nitriles is 1. The van der Waals surface area contributed by atoms with Gasteiger partial charge in [0.2, 0.25) is 11.1 Å². The van der Waals surface area contributed by atoms with Crippen molar-refractivity contribution in [1.29, 1.82) is 5.26 Å². The number of esters is 1. The van der Waals surface area contributed by atoms with E-state index in [1.54, 1.807) is 38.4 Å². The molecule has 0 saturated heterocycles. The lowest BCUT2D eigenvalue weighted by Gasteiger charge is -2.04. The third-order valence-electron chi connectivity index (χ3n) is 4.14. The average Bonchev–Trinajstić information content (AvgIpc) is 3.28. The summed E-state index contributed by atoms with van der Waals surface area (Å²) in [5.41, 5.74) is 1.54. The highest BCUT2D eigenvalue weighted by Crippen LogP contribution is 2.33. The molecule has 0 bridgehead atoms. The van der Waals surface area contributed by atoms with Gasteiger partial charge in [0, 0.05) is 30.1 Å². The number of thioether (sulfide) groups is 1. The Kier molecular flexibility index (Phi) is 7.22. The molecule has 0 aromatic carbocycles. The summed E-state index contributed by atoms with van der Waals surface area (Å²) in [7, 11) is 0. The van der Waals surface area contributed by atoms with Crippen LogP contribution in [0.4, 0.5) is 5.00 Å². The lowest BCUT2D eigenvalue weighted by Crippen LogP contribution is -2.14. The van der Waals surface area contributed by atoms with Gasteiger partial charge in [-0.15, -0.1) is 21.5 Å². The number of amides is 1. The van der Waals surface area contributed by atoms with E-state index in [4.69, 9.17) is 10.6 Å². The van der Waals surface area contributed by atoms with Crippen molar-refractivity contribution in [3.8, 4) is 17.5 Å². The standard InChI is InChI=1S/C19H19N7O3S2/c1-3-29-18(28)15-11(2)13(10-20)17(31-15)23-14(27)6-9-30-19-25-24-16(26(19)21)12-4-7-22-8-5-12/h4-5,7-8H,3,6,9,21H2,1-2H3,(H,23,27). The molecule has 3 heterocycles. The van der Waals surface area contributed by atoms with Gasteiger partial charge in [0.25, 0.3) is 0 Å². The van der Waals surface area contributed by atoms with E-state index in [0.29, 0.717) is 32.2 Å². The summed E-state index contributed by atoms with van der Waals surface area (Å²) >= 11 is 2.32. The van der Waals surface area contributed by atoms with E-state index in [2.05, 4.69) is 20.5 Å². The van der Waals surface area contributed by atoms with Crippen LogP contribution < -0.4 is 11.2 Å². The number of ether oxygens (including phenoxy) is 1. The second kappa shape index (κ2) is 10.1. The van der Waals surface area contributed by atoms with Gasteiger partial charge in [0.05, 0.1) is 12.2 Å². The molecule has 160 valence electrons. The van der Waals surface area contributed by atoms with Crippen molar-refractivity contribution in [2.45, 2.75) is 25.4 Å². The molecule has 0 saturated carbocycles. The van der Waals surface area contributed by atoms with Gasteiger partial charge in [0.15, 0.2) is 5.82 Å². The largest absolute Gasteiger partial charge is 0.462 e. The highest BCUT2D eigenvalue weighted by molar-refractivity contribution is 7.99. The second-order valence-corrected chi connectivity index (χ2v) is 8.23. The van der Waals surface area contributed by atoms with Crippen LogP contribution >= 0.6 is 23.1 Å². The molecular weight excluding hydrogens is 438 g/mol. The van der Waals surface area contributed by atoms with Gasteiger partial charge in [-0.3, -0.25) is 9.78 Å². The number of anilines is 1. The molecule has 3 aromatic rings. The number of nitrogens with two attached hydrogens (primary N) is 1. The maximum absolute atomic E-state index is 12.4. The van der Waals surface area contributed by atoms with Crippen molar-refractivity contribution in [1.82, 2.24) is 19.9 Å². The number of nitrogens with zero attached hydrogens (tertiary/aromatic N) is 5. The molecule has 0 atom stereocenters. The molecule has 0 aliphatic rings. The number of pyridine rings is 1. The summed E-state index contributed by atoms with van der Waals surface area (Å²) in [5.74, 6) is 6.15. The minimum Gasteiger partial charge on any atom is -0.462 e. The topological polar surface area (TPSA) is 149 Å². The molecule has 10 nitrogen and oxygen atoms in total. The monoisotopic (exact) mass is 457 g/mol. The third-order valence-corrected chi connectivity index (χ3v) is 6.27. The van der Waals surface area contributed by atoms with Crippen molar-refractivity contribution in [2.75, 3.05) is 23.5 Å². The number of nitrogens with one attached hydrogen (secondary N) is 1. The summed E-state index contributed by atoms with van der Waals surface area (Å²) in [6.07, 6.45) is 3.42.